The quantitative estimate of drug-likeness (QED) is 0.456. The van der Waals surface area contributed by atoms with Crippen molar-refractivity contribution in [2.45, 2.75) is 29.2 Å². The van der Waals surface area contributed by atoms with Crippen molar-refractivity contribution in [3.8, 4) is 0 Å². The van der Waals surface area contributed by atoms with Crippen molar-refractivity contribution in [1.29, 1.82) is 0 Å². The zero-order valence-corrected chi connectivity index (χ0v) is 3.04. The number of halogens is 1. The summed E-state index contributed by atoms with van der Waals surface area (Å²) >= 11 is 4.64. The Bertz CT molecular complexity index is 31.1. The van der Waals surface area contributed by atoms with Crippen LogP contribution in [0.2, 0.25) is 0 Å². The largest absolute Gasteiger partial charge is 0.282 e. The van der Waals surface area contributed by atoms with Crippen LogP contribution in [0.25, 0.3) is 0 Å². The first-order valence-electron chi connectivity index (χ1n) is 0.893. The van der Waals surface area contributed by atoms with Crippen LogP contribution in [-0.2, 0) is 4.79 Å². The Kier molecular flexibility index (Phi) is 67.5. The van der Waals surface area contributed by atoms with Crippen LogP contribution < -0.4 is 0 Å². The van der Waals surface area contributed by atoms with Gasteiger partial charge in [0.2, 0.25) is 5.24 Å². The molecule has 0 aromatic carbocycles. The topological polar surface area (TPSA) is 17.1 Å². The zero-order valence-electron chi connectivity index (χ0n) is 2.29. The molecule has 0 aliphatic rings. The lowest BCUT2D eigenvalue weighted by Gasteiger charge is -1.52. The molecule has 0 heterocycles. The van der Waals surface area contributed by atoms with E-state index in [2.05, 4.69) is 11.6 Å². The molecular formula is C5H15ClO. The first-order valence-corrected chi connectivity index (χ1v) is 1.27. The van der Waals surface area contributed by atoms with E-state index in [9.17, 15) is 4.79 Å². The highest BCUT2D eigenvalue weighted by Gasteiger charge is 1.67. The molecule has 0 aromatic heterocycles. The molecule has 1 nitrogen and oxygen atoms in total. The standard InChI is InChI=1S/C2H3ClO.3CH4/c1-2(3)4;;;/h1H3;3*1H4. The lowest BCUT2D eigenvalue weighted by molar-refractivity contribution is -0.109. The zero-order chi connectivity index (χ0) is 3.58. The van der Waals surface area contributed by atoms with Gasteiger partial charge < -0.3 is 0 Å². The van der Waals surface area contributed by atoms with Crippen LogP contribution in [0.4, 0.5) is 0 Å². The fourth-order valence-electron chi connectivity index (χ4n) is 0. The molecule has 48 valence electrons. The third-order valence-electron chi connectivity index (χ3n) is 0. The highest BCUT2D eigenvalue weighted by molar-refractivity contribution is 6.62. The van der Waals surface area contributed by atoms with E-state index < -0.39 is 0 Å². The van der Waals surface area contributed by atoms with Crippen molar-refractivity contribution < 1.29 is 4.79 Å². The van der Waals surface area contributed by atoms with Gasteiger partial charge in [-0.1, -0.05) is 22.3 Å². The monoisotopic (exact) mass is 126 g/mol. The minimum atomic E-state index is -0.361. The Morgan fingerprint density at radius 3 is 1.29 bits per heavy atom. The molecular weight excluding hydrogens is 112 g/mol. The summed E-state index contributed by atoms with van der Waals surface area (Å²) < 4.78 is 0. The molecule has 0 N–H and O–H groups in total. The van der Waals surface area contributed by atoms with E-state index in [1.165, 1.54) is 6.92 Å². The van der Waals surface area contributed by atoms with Crippen molar-refractivity contribution in [2.75, 3.05) is 0 Å². The second-order valence-corrected chi connectivity index (χ2v) is 1.00. The Balaban J connectivity index is -0.0000000150. The molecule has 0 atom stereocenters. The van der Waals surface area contributed by atoms with Gasteiger partial charge in [0.15, 0.2) is 0 Å². The summed E-state index contributed by atoms with van der Waals surface area (Å²) in [5.41, 5.74) is 0. The smallest absolute Gasteiger partial charge is 0.218 e. The van der Waals surface area contributed by atoms with E-state index in [-0.39, 0.29) is 27.5 Å². The van der Waals surface area contributed by atoms with Crippen molar-refractivity contribution in [3.63, 3.8) is 0 Å². The van der Waals surface area contributed by atoms with E-state index in [0.29, 0.717) is 0 Å². The van der Waals surface area contributed by atoms with E-state index in [1.807, 2.05) is 0 Å². The van der Waals surface area contributed by atoms with Crippen molar-refractivity contribution in [1.82, 2.24) is 0 Å². The molecule has 0 unspecified atom stereocenters. The average Bonchev–Trinajstić information content (AvgIpc) is 0.811. The molecule has 0 aliphatic carbocycles. The molecule has 0 bridgehead atoms. The summed E-state index contributed by atoms with van der Waals surface area (Å²) in [4.78, 5) is 9.21. The van der Waals surface area contributed by atoms with E-state index in [4.69, 9.17) is 0 Å². The lowest BCUT2D eigenvalue weighted by Crippen LogP contribution is -1.62. The van der Waals surface area contributed by atoms with Crippen molar-refractivity contribution in [3.05, 3.63) is 0 Å². The van der Waals surface area contributed by atoms with Gasteiger partial charge >= 0.3 is 0 Å². The maximum atomic E-state index is 9.21. The number of carbonyl (C=O) groups excluding carboxylic acids is 1. The minimum Gasteiger partial charge on any atom is -0.282 e. The van der Waals surface area contributed by atoms with Gasteiger partial charge in [-0.25, -0.2) is 0 Å². The van der Waals surface area contributed by atoms with Crippen molar-refractivity contribution >= 4 is 16.8 Å². The van der Waals surface area contributed by atoms with Crippen LogP contribution in [-0.4, -0.2) is 5.24 Å². The minimum absolute atomic E-state index is 0. The SMILES string of the molecule is C.C.C.CC(=O)Cl. The number of hydrogen-bond acceptors (Lipinski definition) is 1. The van der Waals surface area contributed by atoms with Gasteiger partial charge in [0, 0.05) is 6.92 Å². The van der Waals surface area contributed by atoms with Gasteiger partial charge in [0.1, 0.15) is 0 Å². The molecule has 0 aliphatic heterocycles. The van der Waals surface area contributed by atoms with Crippen LogP contribution in [0.15, 0.2) is 0 Å². The average molecular weight is 127 g/mol. The number of carbonyl (C=O) groups is 1. The molecule has 0 aromatic rings. The fourth-order valence-corrected chi connectivity index (χ4v) is 0. The first kappa shape index (κ1) is 28.2. The summed E-state index contributed by atoms with van der Waals surface area (Å²) in [5.74, 6) is 0. The van der Waals surface area contributed by atoms with Gasteiger partial charge in [0.05, 0.1) is 0 Å². The van der Waals surface area contributed by atoms with Gasteiger partial charge in [-0.15, -0.1) is 0 Å². The normalized spacial score (nSPS) is 3.71. The Labute approximate surface area is 51.7 Å². The van der Waals surface area contributed by atoms with Crippen LogP contribution >= 0.6 is 11.6 Å². The summed E-state index contributed by atoms with van der Waals surface area (Å²) in [6.07, 6.45) is 0. The van der Waals surface area contributed by atoms with Crippen molar-refractivity contribution in [2.24, 2.45) is 0 Å². The summed E-state index contributed by atoms with van der Waals surface area (Å²) in [6.45, 7) is 1.29. The second kappa shape index (κ2) is 16.7. The van der Waals surface area contributed by atoms with Crippen LogP contribution in [0.1, 0.15) is 29.2 Å². The Morgan fingerprint density at radius 1 is 1.29 bits per heavy atom. The third kappa shape index (κ3) is 58400. The maximum Gasteiger partial charge on any atom is 0.218 e. The van der Waals surface area contributed by atoms with Gasteiger partial charge in [-0.05, 0) is 11.6 Å². The highest BCUT2D eigenvalue weighted by atomic mass is 35.5. The molecule has 0 fully saturated rings. The summed E-state index contributed by atoms with van der Waals surface area (Å²) in [6, 6.07) is 0. The molecule has 2 heteroatoms. The first-order chi connectivity index (χ1) is 1.73. The van der Waals surface area contributed by atoms with Crippen LogP contribution in [0.3, 0.4) is 0 Å². The summed E-state index contributed by atoms with van der Waals surface area (Å²) in [7, 11) is 0. The maximum absolute atomic E-state index is 9.21. The Hall–Kier alpha value is -0.0400. The molecule has 0 radical (unpaired) electrons. The lowest BCUT2D eigenvalue weighted by atomic mass is 10.9. The third-order valence-corrected chi connectivity index (χ3v) is 0. The summed E-state index contributed by atoms with van der Waals surface area (Å²) in [5, 5.41) is -0.361. The molecule has 0 rings (SSSR count). The van der Waals surface area contributed by atoms with E-state index in [1.54, 1.807) is 0 Å². The number of rotatable bonds is 0. The highest BCUT2D eigenvalue weighted by Crippen LogP contribution is 1.67. The van der Waals surface area contributed by atoms with Crippen LogP contribution in [0.5, 0.6) is 0 Å². The van der Waals surface area contributed by atoms with Gasteiger partial charge in [-0.3, -0.25) is 4.79 Å². The molecule has 7 heavy (non-hydrogen) atoms. The van der Waals surface area contributed by atoms with E-state index in [0.717, 1.165) is 0 Å². The predicted molar refractivity (Wildman–Crippen MR) is 36.7 cm³/mol. The van der Waals surface area contributed by atoms with Gasteiger partial charge in [0.25, 0.3) is 0 Å². The van der Waals surface area contributed by atoms with Crippen LogP contribution in [0, 0.1) is 0 Å². The fraction of sp³-hybridized carbons (Fsp3) is 0.800. The Morgan fingerprint density at radius 2 is 1.29 bits per heavy atom. The number of hydrogen-bond donors (Lipinski definition) is 0. The van der Waals surface area contributed by atoms with E-state index >= 15 is 0 Å². The second-order valence-electron chi connectivity index (χ2n) is 0.470. The molecule has 0 amide bonds. The van der Waals surface area contributed by atoms with Gasteiger partial charge in [-0.2, -0.15) is 0 Å². The molecule has 0 spiro atoms. The molecule has 0 saturated heterocycles. The molecule has 0 saturated carbocycles. The predicted octanol–water partition coefficient (Wildman–Crippen LogP) is 2.68.